The number of carbonyl (C=O) groups is 3. The number of hydrogen-bond donors (Lipinski definition) is 1. The Labute approximate surface area is 201 Å². The summed E-state index contributed by atoms with van der Waals surface area (Å²) < 4.78 is 7.77. The first-order valence-electron chi connectivity index (χ1n) is 11.3. The van der Waals surface area contributed by atoms with Gasteiger partial charge in [0.2, 0.25) is 11.8 Å². The Bertz CT molecular complexity index is 1130. The molecule has 1 atom stereocenters. The lowest BCUT2D eigenvalue weighted by atomic mass is 10.2. The van der Waals surface area contributed by atoms with Crippen molar-refractivity contribution in [2.24, 2.45) is 0 Å². The second kappa shape index (κ2) is 10.5. The van der Waals surface area contributed by atoms with Gasteiger partial charge < -0.3 is 19.9 Å². The quantitative estimate of drug-likeness (QED) is 0.451. The summed E-state index contributed by atoms with van der Waals surface area (Å²) in [5.41, 5.74) is 1.36. The summed E-state index contributed by atoms with van der Waals surface area (Å²) in [5, 5.41) is 22.4. The lowest BCUT2D eigenvalue weighted by molar-refractivity contribution is -0.386. The number of carbonyl (C=O) groups excluding carboxylic acids is 3. The average Bonchev–Trinajstić information content (AvgIpc) is 3.30. The first-order chi connectivity index (χ1) is 16.5. The van der Waals surface area contributed by atoms with Gasteiger partial charge in [0.25, 0.3) is 0 Å². The average molecular weight is 491 g/mol. The zero-order chi connectivity index (χ0) is 25.9. The minimum atomic E-state index is -0.618. The van der Waals surface area contributed by atoms with E-state index in [4.69, 9.17) is 4.74 Å². The lowest BCUT2D eigenvalue weighted by Crippen LogP contribution is -2.52. The Morgan fingerprint density at radius 1 is 1.11 bits per heavy atom. The van der Waals surface area contributed by atoms with Crippen molar-refractivity contribution in [3.8, 4) is 0 Å². The first-order valence-corrected chi connectivity index (χ1v) is 11.3. The standard InChI is InChI=1S/C21H30N8O6/c1-6-35-21(32)26-9-7-25(8-10-26)20(31)16(5)27-11-17(13(2)23-27)22-18(30)12-28-15(4)19(29(33)34)14(3)24-28/h11,16H,6-10,12H2,1-5H3,(H,22,30). The maximum atomic E-state index is 13.0. The van der Waals surface area contributed by atoms with E-state index in [1.54, 1.807) is 36.8 Å². The summed E-state index contributed by atoms with van der Waals surface area (Å²) >= 11 is 0. The predicted molar refractivity (Wildman–Crippen MR) is 124 cm³/mol. The number of piperazine rings is 1. The van der Waals surface area contributed by atoms with Crippen molar-refractivity contribution < 1.29 is 24.0 Å². The Morgan fingerprint density at radius 2 is 1.74 bits per heavy atom. The molecule has 0 aliphatic carbocycles. The van der Waals surface area contributed by atoms with Crippen molar-refractivity contribution in [3.05, 3.63) is 33.4 Å². The number of aromatic nitrogens is 4. The van der Waals surface area contributed by atoms with Gasteiger partial charge in [0.15, 0.2) is 0 Å². The van der Waals surface area contributed by atoms with E-state index >= 15 is 0 Å². The number of nitrogens with zero attached hydrogens (tertiary/aromatic N) is 7. The third-order valence-electron chi connectivity index (χ3n) is 5.88. The number of amides is 3. The third-order valence-corrected chi connectivity index (χ3v) is 5.88. The molecule has 35 heavy (non-hydrogen) atoms. The maximum absolute atomic E-state index is 13.0. The fourth-order valence-electron chi connectivity index (χ4n) is 3.94. The molecule has 3 amide bonds. The van der Waals surface area contributed by atoms with E-state index in [0.717, 1.165) is 0 Å². The number of anilines is 1. The van der Waals surface area contributed by atoms with Crippen LogP contribution in [-0.4, -0.2) is 85.0 Å². The van der Waals surface area contributed by atoms with Gasteiger partial charge in [-0.25, -0.2) is 4.79 Å². The second-order valence-electron chi connectivity index (χ2n) is 8.28. The van der Waals surface area contributed by atoms with Crippen LogP contribution >= 0.6 is 0 Å². The molecule has 1 aliphatic heterocycles. The minimum Gasteiger partial charge on any atom is -0.450 e. The normalized spacial score (nSPS) is 14.5. The molecule has 0 aromatic carbocycles. The second-order valence-corrected chi connectivity index (χ2v) is 8.28. The zero-order valence-corrected chi connectivity index (χ0v) is 20.5. The van der Waals surface area contributed by atoms with Crippen molar-refractivity contribution in [2.75, 3.05) is 38.1 Å². The minimum absolute atomic E-state index is 0.114. The monoisotopic (exact) mass is 490 g/mol. The Hall–Kier alpha value is -3.97. The molecule has 1 unspecified atom stereocenters. The van der Waals surface area contributed by atoms with E-state index in [2.05, 4.69) is 15.5 Å². The molecule has 14 nitrogen and oxygen atoms in total. The van der Waals surface area contributed by atoms with Crippen LogP contribution in [0.1, 0.15) is 37.0 Å². The van der Waals surface area contributed by atoms with E-state index < -0.39 is 16.9 Å². The Kier molecular flexibility index (Phi) is 7.71. The van der Waals surface area contributed by atoms with Gasteiger partial charge in [0.05, 0.1) is 22.9 Å². The summed E-state index contributed by atoms with van der Waals surface area (Å²) in [7, 11) is 0. The van der Waals surface area contributed by atoms with Crippen LogP contribution < -0.4 is 5.32 Å². The first kappa shape index (κ1) is 25.6. The van der Waals surface area contributed by atoms with Crippen LogP contribution in [0.25, 0.3) is 0 Å². The van der Waals surface area contributed by atoms with E-state index in [1.807, 2.05) is 0 Å². The van der Waals surface area contributed by atoms with Crippen molar-refractivity contribution in [1.82, 2.24) is 29.4 Å². The third kappa shape index (κ3) is 5.58. The topological polar surface area (TPSA) is 158 Å². The van der Waals surface area contributed by atoms with Gasteiger partial charge >= 0.3 is 11.8 Å². The van der Waals surface area contributed by atoms with Crippen LogP contribution in [0.5, 0.6) is 0 Å². The van der Waals surface area contributed by atoms with Crippen LogP contribution in [0, 0.1) is 30.9 Å². The molecule has 1 N–H and O–H groups in total. The molecular weight excluding hydrogens is 460 g/mol. The molecule has 2 aromatic heterocycles. The highest BCUT2D eigenvalue weighted by Gasteiger charge is 2.29. The molecule has 1 saturated heterocycles. The van der Waals surface area contributed by atoms with E-state index in [1.165, 1.54) is 23.2 Å². The van der Waals surface area contributed by atoms with Gasteiger partial charge in [0.1, 0.15) is 24.0 Å². The van der Waals surface area contributed by atoms with Crippen LogP contribution in [-0.2, 0) is 20.9 Å². The number of rotatable bonds is 7. The molecule has 0 saturated carbocycles. The molecule has 1 fully saturated rings. The van der Waals surface area contributed by atoms with Crippen molar-refractivity contribution in [2.45, 2.75) is 47.2 Å². The van der Waals surface area contributed by atoms with Gasteiger partial charge in [0, 0.05) is 32.4 Å². The van der Waals surface area contributed by atoms with E-state index in [-0.39, 0.29) is 35.6 Å². The van der Waals surface area contributed by atoms with Gasteiger partial charge in [-0.2, -0.15) is 10.2 Å². The molecule has 0 bridgehead atoms. The fraction of sp³-hybridized carbons (Fsp3) is 0.571. The SMILES string of the molecule is CCOC(=O)N1CCN(C(=O)C(C)n2cc(NC(=O)Cn3nc(C)c([N+](=O)[O-])c3C)c(C)n2)CC1. The maximum Gasteiger partial charge on any atom is 0.409 e. The molecule has 1 aliphatic rings. The van der Waals surface area contributed by atoms with Crippen molar-refractivity contribution >= 4 is 29.3 Å². The molecule has 0 radical (unpaired) electrons. The van der Waals surface area contributed by atoms with Gasteiger partial charge in [-0.15, -0.1) is 0 Å². The van der Waals surface area contributed by atoms with Gasteiger partial charge in [-0.1, -0.05) is 0 Å². The van der Waals surface area contributed by atoms with Crippen LogP contribution in [0.2, 0.25) is 0 Å². The zero-order valence-electron chi connectivity index (χ0n) is 20.5. The van der Waals surface area contributed by atoms with Crippen LogP contribution in [0.15, 0.2) is 6.20 Å². The molecule has 0 spiro atoms. The largest absolute Gasteiger partial charge is 0.450 e. The highest BCUT2D eigenvalue weighted by Crippen LogP contribution is 2.22. The molecule has 3 heterocycles. The summed E-state index contributed by atoms with van der Waals surface area (Å²) in [6.45, 7) is 9.87. The Balaban J connectivity index is 1.61. The number of aryl methyl sites for hydroxylation is 2. The number of nitrogens with one attached hydrogen (secondary N) is 1. The summed E-state index contributed by atoms with van der Waals surface area (Å²) in [6, 6.07) is -0.618. The van der Waals surface area contributed by atoms with E-state index in [9.17, 15) is 24.5 Å². The predicted octanol–water partition coefficient (Wildman–Crippen LogP) is 1.41. The molecule has 2 aromatic rings. The number of ether oxygens (including phenoxy) is 1. The summed E-state index contributed by atoms with van der Waals surface area (Å²) in [4.78, 5) is 51.3. The van der Waals surface area contributed by atoms with Crippen molar-refractivity contribution in [3.63, 3.8) is 0 Å². The van der Waals surface area contributed by atoms with Gasteiger partial charge in [-0.05, 0) is 34.6 Å². The molecule has 3 rings (SSSR count). The molecule has 190 valence electrons. The molecule has 14 heteroatoms. The summed E-state index contributed by atoms with van der Waals surface area (Å²) in [6.07, 6.45) is 1.19. The number of hydrogen-bond acceptors (Lipinski definition) is 8. The highest BCUT2D eigenvalue weighted by atomic mass is 16.6. The smallest absolute Gasteiger partial charge is 0.409 e. The fourth-order valence-corrected chi connectivity index (χ4v) is 3.94. The Morgan fingerprint density at radius 3 is 2.31 bits per heavy atom. The van der Waals surface area contributed by atoms with Crippen molar-refractivity contribution in [1.29, 1.82) is 0 Å². The van der Waals surface area contributed by atoms with Gasteiger partial charge in [-0.3, -0.25) is 29.1 Å². The summed E-state index contributed by atoms with van der Waals surface area (Å²) in [5.74, 6) is -0.578. The number of nitro groups is 1. The lowest BCUT2D eigenvalue weighted by Gasteiger charge is -2.35. The van der Waals surface area contributed by atoms with E-state index in [0.29, 0.717) is 44.2 Å². The van der Waals surface area contributed by atoms with Crippen LogP contribution in [0.4, 0.5) is 16.2 Å². The highest BCUT2D eigenvalue weighted by molar-refractivity contribution is 5.91. The molecular formula is C21H30N8O6. The van der Waals surface area contributed by atoms with Crippen LogP contribution in [0.3, 0.4) is 0 Å².